The number of nitrogens with zero attached hydrogens (tertiary/aromatic N) is 2. The number of carbonyl (C=O) groups is 1. The van der Waals surface area contributed by atoms with Crippen molar-refractivity contribution < 1.29 is 14.3 Å². The second-order valence-corrected chi connectivity index (χ2v) is 6.49. The van der Waals surface area contributed by atoms with Gasteiger partial charge in [0.2, 0.25) is 5.91 Å². The molecule has 0 radical (unpaired) electrons. The summed E-state index contributed by atoms with van der Waals surface area (Å²) in [5.41, 5.74) is 0. The average Bonchev–Trinajstić information content (AvgIpc) is 3.21. The minimum Gasteiger partial charge on any atom is -0.348 e. The van der Waals surface area contributed by atoms with Gasteiger partial charge in [-0.2, -0.15) is 0 Å². The molecule has 0 N–H and O–H groups in total. The van der Waals surface area contributed by atoms with Gasteiger partial charge in [0, 0.05) is 32.0 Å². The summed E-state index contributed by atoms with van der Waals surface area (Å²) in [5, 5.41) is 0. The van der Waals surface area contributed by atoms with Crippen LogP contribution in [0.4, 0.5) is 0 Å². The normalized spacial score (nSPS) is 26.4. The van der Waals surface area contributed by atoms with Crippen LogP contribution >= 0.6 is 0 Å². The molecule has 1 aliphatic heterocycles. The van der Waals surface area contributed by atoms with Crippen molar-refractivity contribution in [2.45, 2.75) is 56.4 Å². The molecular weight excluding hydrogens is 256 g/mol. The quantitative estimate of drug-likeness (QED) is 0.777. The largest absolute Gasteiger partial charge is 0.348 e. The lowest BCUT2D eigenvalue weighted by atomic mass is 9.89. The SMILES string of the molecule is CN(CC(=O)N(C)C1CC1)C1CCC2(CC1)OCCO2. The zero-order valence-corrected chi connectivity index (χ0v) is 12.6. The highest BCUT2D eigenvalue weighted by Crippen LogP contribution is 2.37. The van der Waals surface area contributed by atoms with E-state index in [1.54, 1.807) is 0 Å². The predicted molar refractivity (Wildman–Crippen MR) is 75.3 cm³/mol. The van der Waals surface area contributed by atoms with Crippen molar-refractivity contribution in [1.29, 1.82) is 0 Å². The fourth-order valence-electron chi connectivity index (χ4n) is 3.39. The van der Waals surface area contributed by atoms with Gasteiger partial charge >= 0.3 is 0 Å². The van der Waals surface area contributed by atoms with Gasteiger partial charge in [-0.15, -0.1) is 0 Å². The fraction of sp³-hybridized carbons (Fsp3) is 0.933. The summed E-state index contributed by atoms with van der Waals surface area (Å²) >= 11 is 0. The molecule has 2 aliphatic carbocycles. The summed E-state index contributed by atoms with van der Waals surface area (Å²) in [6.45, 7) is 1.99. The molecule has 3 fully saturated rings. The molecule has 1 spiro atoms. The maximum atomic E-state index is 12.2. The summed E-state index contributed by atoms with van der Waals surface area (Å²) in [5.74, 6) is -0.0461. The lowest BCUT2D eigenvalue weighted by molar-refractivity contribution is -0.183. The van der Waals surface area contributed by atoms with E-state index in [0.717, 1.165) is 38.9 Å². The molecule has 114 valence electrons. The van der Waals surface area contributed by atoms with Crippen LogP contribution in [0.3, 0.4) is 0 Å². The van der Waals surface area contributed by atoms with Gasteiger partial charge in [-0.05, 0) is 32.7 Å². The van der Waals surface area contributed by atoms with Gasteiger partial charge in [0.05, 0.1) is 19.8 Å². The van der Waals surface area contributed by atoms with Gasteiger partial charge in [-0.1, -0.05) is 0 Å². The van der Waals surface area contributed by atoms with Crippen molar-refractivity contribution in [3.8, 4) is 0 Å². The number of carbonyl (C=O) groups excluding carboxylic acids is 1. The maximum absolute atomic E-state index is 12.2. The first-order valence-electron chi connectivity index (χ1n) is 7.83. The number of likely N-dealkylation sites (N-methyl/N-ethyl adjacent to an activating group) is 2. The summed E-state index contributed by atoms with van der Waals surface area (Å²) < 4.78 is 11.5. The minimum absolute atomic E-state index is 0.253. The topological polar surface area (TPSA) is 42.0 Å². The first-order valence-corrected chi connectivity index (χ1v) is 7.83. The van der Waals surface area contributed by atoms with E-state index in [9.17, 15) is 4.79 Å². The molecule has 0 aromatic carbocycles. The van der Waals surface area contributed by atoms with Crippen LogP contribution in [0.15, 0.2) is 0 Å². The minimum atomic E-state index is -0.299. The Hall–Kier alpha value is -0.650. The van der Waals surface area contributed by atoms with Gasteiger partial charge in [0.25, 0.3) is 0 Å². The molecule has 1 saturated heterocycles. The molecule has 0 bridgehead atoms. The van der Waals surface area contributed by atoms with Gasteiger partial charge in [0.1, 0.15) is 0 Å². The predicted octanol–water partition coefficient (Wildman–Crippen LogP) is 1.22. The summed E-state index contributed by atoms with van der Waals surface area (Å²) in [7, 11) is 4.00. The second-order valence-electron chi connectivity index (χ2n) is 6.49. The van der Waals surface area contributed by atoms with E-state index in [2.05, 4.69) is 11.9 Å². The Balaban J connectivity index is 1.46. The summed E-state index contributed by atoms with van der Waals surface area (Å²) in [4.78, 5) is 16.3. The van der Waals surface area contributed by atoms with Crippen molar-refractivity contribution in [2.75, 3.05) is 33.9 Å². The standard InChI is InChI=1S/C15H26N2O3/c1-16(11-14(18)17(2)13-3-4-13)12-5-7-15(8-6-12)19-9-10-20-15/h12-13H,3-11H2,1-2H3. The lowest BCUT2D eigenvalue weighted by Crippen LogP contribution is -2.46. The Kier molecular flexibility index (Phi) is 4.02. The second kappa shape index (κ2) is 5.62. The number of hydrogen-bond acceptors (Lipinski definition) is 4. The zero-order valence-electron chi connectivity index (χ0n) is 12.6. The van der Waals surface area contributed by atoms with Crippen molar-refractivity contribution in [1.82, 2.24) is 9.80 Å². The van der Waals surface area contributed by atoms with E-state index in [1.807, 2.05) is 11.9 Å². The van der Waals surface area contributed by atoms with Crippen LogP contribution in [0.2, 0.25) is 0 Å². The van der Waals surface area contributed by atoms with Crippen molar-refractivity contribution >= 4 is 5.91 Å². The lowest BCUT2D eigenvalue weighted by Gasteiger charge is -2.39. The third kappa shape index (κ3) is 3.00. The molecule has 0 unspecified atom stereocenters. The first kappa shape index (κ1) is 14.3. The maximum Gasteiger partial charge on any atom is 0.236 e. The zero-order chi connectivity index (χ0) is 14.2. The van der Waals surface area contributed by atoms with Crippen LogP contribution in [0, 0.1) is 0 Å². The van der Waals surface area contributed by atoms with Crippen molar-refractivity contribution in [3.05, 3.63) is 0 Å². The highest BCUT2D eigenvalue weighted by Gasteiger charge is 2.41. The van der Waals surface area contributed by atoms with Crippen LogP contribution in [-0.4, -0.2) is 67.4 Å². The Morgan fingerprint density at radius 3 is 2.20 bits per heavy atom. The first-order chi connectivity index (χ1) is 9.60. The Labute approximate surface area is 121 Å². The molecule has 1 heterocycles. The van der Waals surface area contributed by atoms with E-state index in [0.29, 0.717) is 18.6 Å². The summed E-state index contributed by atoms with van der Waals surface area (Å²) in [6, 6.07) is 0.982. The molecule has 3 rings (SSSR count). The van der Waals surface area contributed by atoms with Crippen LogP contribution in [0.1, 0.15) is 38.5 Å². The third-order valence-electron chi connectivity index (χ3n) is 5.03. The Morgan fingerprint density at radius 2 is 1.65 bits per heavy atom. The summed E-state index contributed by atoms with van der Waals surface area (Å²) in [6.07, 6.45) is 6.36. The van der Waals surface area contributed by atoms with E-state index < -0.39 is 0 Å². The van der Waals surface area contributed by atoms with Crippen LogP contribution in [0.5, 0.6) is 0 Å². The van der Waals surface area contributed by atoms with Crippen molar-refractivity contribution in [2.24, 2.45) is 0 Å². The highest BCUT2D eigenvalue weighted by molar-refractivity contribution is 5.78. The molecule has 2 saturated carbocycles. The molecule has 20 heavy (non-hydrogen) atoms. The molecule has 0 atom stereocenters. The molecule has 0 aromatic heterocycles. The molecule has 0 aromatic rings. The number of rotatable bonds is 4. The average molecular weight is 282 g/mol. The molecule has 3 aliphatic rings. The van der Waals surface area contributed by atoms with E-state index in [-0.39, 0.29) is 11.7 Å². The van der Waals surface area contributed by atoms with Gasteiger partial charge in [0.15, 0.2) is 5.79 Å². The smallest absolute Gasteiger partial charge is 0.236 e. The van der Waals surface area contributed by atoms with E-state index in [1.165, 1.54) is 12.8 Å². The number of amides is 1. The Morgan fingerprint density at radius 1 is 1.05 bits per heavy atom. The molecule has 5 heteroatoms. The van der Waals surface area contributed by atoms with Crippen molar-refractivity contribution in [3.63, 3.8) is 0 Å². The van der Waals surface area contributed by atoms with Gasteiger partial charge < -0.3 is 14.4 Å². The molecule has 1 amide bonds. The highest BCUT2D eigenvalue weighted by atomic mass is 16.7. The van der Waals surface area contributed by atoms with E-state index in [4.69, 9.17) is 9.47 Å². The van der Waals surface area contributed by atoms with Crippen LogP contribution in [-0.2, 0) is 14.3 Å². The number of hydrogen-bond donors (Lipinski definition) is 0. The number of ether oxygens (including phenoxy) is 2. The van der Waals surface area contributed by atoms with Gasteiger partial charge in [-0.3, -0.25) is 9.69 Å². The monoisotopic (exact) mass is 282 g/mol. The Bertz CT molecular complexity index is 354. The fourth-order valence-corrected chi connectivity index (χ4v) is 3.39. The van der Waals surface area contributed by atoms with Crippen LogP contribution in [0.25, 0.3) is 0 Å². The van der Waals surface area contributed by atoms with E-state index >= 15 is 0 Å². The molecule has 5 nitrogen and oxygen atoms in total. The van der Waals surface area contributed by atoms with Gasteiger partial charge in [-0.25, -0.2) is 0 Å². The van der Waals surface area contributed by atoms with Crippen LogP contribution < -0.4 is 0 Å². The molecular formula is C15H26N2O3. The third-order valence-corrected chi connectivity index (χ3v) is 5.03.